The minimum Gasteiger partial charge on any atom is -0.462 e. The second kappa shape index (κ2) is 4.97. The summed E-state index contributed by atoms with van der Waals surface area (Å²) in [5.74, 6) is 0.663. The van der Waals surface area contributed by atoms with Gasteiger partial charge in [0.05, 0.1) is 6.42 Å². The van der Waals surface area contributed by atoms with Crippen LogP contribution in [0.5, 0.6) is 0 Å². The summed E-state index contributed by atoms with van der Waals surface area (Å²) in [6.07, 6.45) is 4.02. The van der Waals surface area contributed by atoms with Gasteiger partial charge in [-0.1, -0.05) is 20.8 Å². The molecule has 1 aliphatic carbocycles. The van der Waals surface area contributed by atoms with Gasteiger partial charge in [-0.25, -0.2) is 0 Å². The Kier molecular flexibility index (Phi) is 3.76. The van der Waals surface area contributed by atoms with Crippen LogP contribution in [0, 0.1) is 11.3 Å². The fourth-order valence-corrected chi connectivity index (χ4v) is 3.14. The Morgan fingerprint density at radius 1 is 1.35 bits per heavy atom. The molecule has 0 spiro atoms. The Hall–Kier alpha value is -0.570. The molecule has 0 amide bonds. The standard InChI is InChI=1S/C14H25NO2/c1-11-8-12(10-14(2,3)9-11)17-13(16)4-5-15-6-7-15/h11-12H,4-10H2,1-3H3/t11-,12+/m1/s1. The largest absolute Gasteiger partial charge is 0.462 e. The highest BCUT2D eigenvalue weighted by atomic mass is 16.5. The summed E-state index contributed by atoms with van der Waals surface area (Å²) < 4.78 is 5.61. The van der Waals surface area contributed by atoms with Crippen molar-refractivity contribution >= 4 is 5.97 Å². The molecule has 3 nitrogen and oxygen atoms in total. The van der Waals surface area contributed by atoms with E-state index >= 15 is 0 Å². The SMILES string of the molecule is C[C@@H]1C[C@H](OC(=O)CCN2CC2)CC(C)(C)C1. The van der Waals surface area contributed by atoms with Gasteiger partial charge >= 0.3 is 5.97 Å². The third-order valence-corrected chi connectivity index (χ3v) is 3.82. The molecule has 0 aromatic carbocycles. The van der Waals surface area contributed by atoms with Crippen LogP contribution in [-0.2, 0) is 9.53 Å². The molecule has 1 saturated heterocycles. The number of hydrogen-bond acceptors (Lipinski definition) is 3. The second-order valence-electron chi connectivity index (χ2n) is 6.62. The Bertz CT molecular complexity index is 284. The average Bonchev–Trinajstić information content (AvgIpc) is 2.94. The molecule has 0 aromatic rings. The van der Waals surface area contributed by atoms with Gasteiger partial charge in [0.15, 0.2) is 0 Å². The van der Waals surface area contributed by atoms with Crippen LogP contribution in [0.4, 0.5) is 0 Å². The van der Waals surface area contributed by atoms with Gasteiger partial charge in [-0.15, -0.1) is 0 Å². The van der Waals surface area contributed by atoms with E-state index < -0.39 is 0 Å². The first-order valence-corrected chi connectivity index (χ1v) is 6.86. The smallest absolute Gasteiger partial charge is 0.307 e. The first-order valence-electron chi connectivity index (χ1n) is 6.86. The van der Waals surface area contributed by atoms with Crippen LogP contribution in [0.25, 0.3) is 0 Å². The third-order valence-electron chi connectivity index (χ3n) is 3.82. The van der Waals surface area contributed by atoms with Crippen molar-refractivity contribution in [3.63, 3.8) is 0 Å². The monoisotopic (exact) mass is 239 g/mol. The molecule has 1 saturated carbocycles. The van der Waals surface area contributed by atoms with Gasteiger partial charge in [0.2, 0.25) is 0 Å². The molecule has 2 fully saturated rings. The Morgan fingerprint density at radius 3 is 2.65 bits per heavy atom. The van der Waals surface area contributed by atoms with Crippen molar-refractivity contribution in [3.05, 3.63) is 0 Å². The van der Waals surface area contributed by atoms with Gasteiger partial charge in [0.1, 0.15) is 6.10 Å². The Morgan fingerprint density at radius 2 is 2.06 bits per heavy atom. The maximum atomic E-state index is 11.7. The van der Waals surface area contributed by atoms with Crippen molar-refractivity contribution in [2.75, 3.05) is 19.6 Å². The minimum atomic E-state index is -0.00759. The molecule has 98 valence electrons. The first-order chi connectivity index (χ1) is 7.94. The van der Waals surface area contributed by atoms with Crippen molar-refractivity contribution in [1.82, 2.24) is 4.90 Å². The summed E-state index contributed by atoms with van der Waals surface area (Å²) >= 11 is 0. The number of rotatable bonds is 4. The molecule has 1 heterocycles. The van der Waals surface area contributed by atoms with Crippen molar-refractivity contribution in [3.8, 4) is 0 Å². The fourth-order valence-electron chi connectivity index (χ4n) is 3.14. The highest BCUT2D eigenvalue weighted by Crippen LogP contribution is 2.39. The van der Waals surface area contributed by atoms with Crippen molar-refractivity contribution in [2.24, 2.45) is 11.3 Å². The lowest BCUT2D eigenvalue weighted by atomic mass is 9.71. The number of carbonyl (C=O) groups is 1. The summed E-state index contributed by atoms with van der Waals surface area (Å²) in [7, 11) is 0. The van der Waals surface area contributed by atoms with E-state index in [2.05, 4.69) is 25.7 Å². The van der Waals surface area contributed by atoms with Crippen molar-refractivity contribution < 1.29 is 9.53 Å². The average molecular weight is 239 g/mol. The zero-order chi connectivity index (χ0) is 12.5. The third kappa shape index (κ3) is 4.30. The minimum absolute atomic E-state index is 0.00759. The second-order valence-corrected chi connectivity index (χ2v) is 6.62. The van der Waals surface area contributed by atoms with Gasteiger partial charge < -0.3 is 9.64 Å². The van der Waals surface area contributed by atoms with Crippen LogP contribution in [0.1, 0.15) is 46.5 Å². The van der Waals surface area contributed by atoms with E-state index in [0.717, 1.165) is 32.5 Å². The maximum absolute atomic E-state index is 11.7. The number of carbonyl (C=O) groups excluding carboxylic acids is 1. The molecular formula is C14H25NO2. The topological polar surface area (TPSA) is 29.3 Å². The number of hydrogen-bond donors (Lipinski definition) is 0. The van der Waals surface area contributed by atoms with E-state index in [1.54, 1.807) is 0 Å². The molecule has 2 atom stereocenters. The Labute approximate surface area is 105 Å². The lowest BCUT2D eigenvalue weighted by Crippen LogP contribution is -2.34. The number of ether oxygens (including phenoxy) is 1. The van der Waals surface area contributed by atoms with Gasteiger partial charge in [0.25, 0.3) is 0 Å². The number of esters is 1. The van der Waals surface area contributed by atoms with Crippen LogP contribution in [0.2, 0.25) is 0 Å². The van der Waals surface area contributed by atoms with Crippen LogP contribution in [0.3, 0.4) is 0 Å². The molecule has 0 aromatic heterocycles. The van der Waals surface area contributed by atoms with Gasteiger partial charge in [-0.3, -0.25) is 4.79 Å². The molecule has 3 heteroatoms. The van der Waals surface area contributed by atoms with E-state index in [1.807, 2.05) is 0 Å². The molecule has 0 bridgehead atoms. The van der Waals surface area contributed by atoms with Crippen LogP contribution < -0.4 is 0 Å². The van der Waals surface area contributed by atoms with Crippen LogP contribution in [-0.4, -0.2) is 36.6 Å². The van der Waals surface area contributed by atoms with Crippen molar-refractivity contribution in [2.45, 2.75) is 52.6 Å². The van der Waals surface area contributed by atoms with E-state index in [1.165, 1.54) is 6.42 Å². The molecule has 17 heavy (non-hydrogen) atoms. The van der Waals surface area contributed by atoms with Gasteiger partial charge in [0, 0.05) is 19.6 Å². The summed E-state index contributed by atoms with van der Waals surface area (Å²) in [4.78, 5) is 14.0. The molecule has 0 unspecified atom stereocenters. The molecule has 0 N–H and O–H groups in total. The molecule has 2 aliphatic rings. The fraction of sp³-hybridized carbons (Fsp3) is 0.929. The number of nitrogens with zero attached hydrogens (tertiary/aromatic N) is 1. The highest BCUT2D eigenvalue weighted by Gasteiger charge is 2.34. The summed E-state index contributed by atoms with van der Waals surface area (Å²) in [6.45, 7) is 10.0. The van der Waals surface area contributed by atoms with E-state index in [-0.39, 0.29) is 12.1 Å². The lowest BCUT2D eigenvalue weighted by molar-refractivity contribution is -0.153. The summed E-state index contributed by atoms with van der Waals surface area (Å²) in [5.41, 5.74) is 0.322. The molecule has 0 radical (unpaired) electrons. The summed E-state index contributed by atoms with van der Waals surface area (Å²) in [5, 5.41) is 0. The molecule has 1 aliphatic heterocycles. The van der Waals surface area contributed by atoms with E-state index in [0.29, 0.717) is 17.8 Å². The Balaban J connectivity index is 1.74. The quantitative estimate of drug-likeness (QED) is 0.557. The lowest BCUT2D eigenvalue weighted by Gasteiger charge is -2.38. The van der Waals surface area contributed by atoms with E-state index in [4.69, 9.17) is 4.74 Å². The van der Waals surface area contributed by atoms with Gasteiger partial charge in [-0.2, -0.15) is 0 Å². The first kappa shape index (κ1) is 12.9. The molecular weight excluding hydrogens is 214 g/mol. The van der Waals surface area contributed by atoms with Gasteiger partial charge in [-0.05, 0) is 30.6 Å². The predicted molar refractivity (Wildman–Crippen MR) is 67.7 cm³/mol. The zero-order valence-corrected chi connectivity index (χ0v) is 11.4. The molecule has 2 rings (SSSR count). The van der Waals surface area contributed by atoms with Crippen LogP contribution in [0.15, 0.2) is 0 Å². The maximum Gasteiger partial charge on any atom is 0.307 e. The summed E-state index contributed by atoms with van der Waals surface area (Å²) in [6, 6.07) is 0. The zero-order valence-electron chi connectivity index (χ0n) is 11.4. The normalized spacial score (nSPS) is 32.2. The highest BCUT2D eigenvalue weighted by molar-refractivity contribution is 5.69. The van der Waals surface area contributed by atoms with E-state index in [9.17, 15) is 4.79 Å². The van der Waals surface area contributed by atoms with Crippen LogP contribution >= 0.6 is 0 Å². The predicted octanol–water partition coefficient (Wildman–Crippen LogP) is 2.45. The van der Waals surface area contributed by atoms with Crippen molar-refractivity contribution in [1.29, 1.82) is 0 Å².